The van der Waals surface area contributed by atoms with E-state index in [2.05, 4.69) is 5.32 Å². The number of hydrogen-bond acceptors (Lipinski definition) is 5. The van der Waals surface area contributed by atoms with Gasteiger partial charge in [0.25, 0.3) is 0 Å². The Morgan fingerprint density at radius 3 is 2.00 bits per heavy atom. The molecule has 7 heteroatoms. The number of ether oxygens (including phenoxy) is 2. The van der Waals surface area contributed by atoms with Gasteiger partial charge in [-0.25, -0.2) is 9.59 Å². The first kappa shape index (κ1) is 20.5. The lowest BCUT2D eigenvalue weighted by Crippen LogP contribution is -2.43. The van der Waals surface area contributed by atoms with E-state index in [1.54, 1.807) is 20.8 Å². The molecule has 0 aromatic carbocycles. The van der Waals surface area contributed by atoms with E-state index in [-0.39, 0.29) is 0 Å². The average molecular weight is 317 g/mol. The minimum absolute atomic E-state index is 0.290. The maximum atomic E-state index is 12.1. The van der Waals surface area contributed by atoms with E-state index in [1.165, 1.54) is 4.90 Å². The van der Waals surface area contributed by atoms with E-state index in [4.69, 9.17) is 15.2 Å². The summed E-state index contributed by atoms with van der Waals surface area (Å²) in [6.07, 6.45) is -0.242. The van der Waals surface area contributed by atoms with Gasteiger partial charge in [0.2, 0.25) is 0 Å². The second-order valence-corrected chi connectivity index (χ2v) is 7.04. The van der Waals surface area contributed by atoms with E-state index in [0.717, 1.165) is 0 Å². The highest BCUT2D eigenvalue weighted by Crippen LogP contribution is 2.10. The van der Waals surface area contributed by atoms with Crippen molar-refractivity contribution in [3.8, 4) is 0 Å². The van der Waals surface area contributed by atoms with E-state index < -0.39 is 23.4 Å². The van der Waals surface area contributed by atoms with E-state index in [9.17, 15) is 9.59 Å². The van der Waals surface area contributed by atoms with Gasteiger partial charge in [-0.3, -0.25) is 0 Å². The lowest BCUT2D eigenvalue weighted by atomic mass is 10.2. The predicted molar refractivity (Wildman–Crippen MR) is 85.7 cm³/mol. The zero-order valence-corrected chi connectivity index (χ0v) is 14.7. The summed E-state index contributed by atoms with van der Waals surface area (Å²) in [7, 11) is 0. The van der Waals surface area contributed by atoms with Crippen LogP contribution < -0.4 is 11.1 Å². The molecule has 0 bridgehead atoms. The Morgan fingerprint density at radius 1 is 1.00 bits per heavy atom. The average Bonchev–Trinajstić information content (AvgIpc) is 2.28. The molecule has 0 radical (unpaired) electrons. The van der Waals surface area contributed by atoms with Crippen molar-refractivity contribution in [3.05, 3.63) is 0 Å². The number of nitrogens with zero attached hydrogens (tertiary/aromatic N) is 1. The van der Waals surface area contributed by atoms with Crippen molar-refractivity contribution in [2.24, 2.45) is 5.73 Å². The van der Waals surface area contributed by atoms with Gasteiger partial charge in [-0.2, -0.15) is 0 Å². The Hall–Kier alpha value is -1.50. The number of rotatable bonds is 6. The van der Waals surface area contributed by atoms with Crippen molar-refractivity contribution in [2.75, 3.05) is 26.2 Å². The summed E-state index contributed by atoms with van der Waals surface area (Å²) >= 11 is 0. The summed E-state index contributed by atoms with van der Waals surface area (Å²) < 4.78 is 10.5. The maximum absolute atomic E-state index is 12.1. The largest absolute Gasteiger partial charge is 0.444 e. The standard InChI is InChI=1S/C15H31N3O4/c1-14(2,3)21-12(19)17-9-11-18(10-7-8-16)13(20)22-15(4,5)6/h7-11,16H2,1-6H3,(H,17,19). The van der Waals surface area contributed by atoms with Crippen LogP contribution in [0.5, 0.6) is 0 Å². The topological polar surface area (TPSA) is 93.9 Å². The van der Waals surface area contributed by atoms with Crippen LogP contribution in [0.25, 0.3) is 0 Å². The molecule has 0 aromatic heterocycles. The van der Waals surface area contributed by atoms with Gasteiger partial charge in [-0.1, -0.05) is 0 Å². The molecule has 0 unspecified atom stereocenters. The number of alkyl carbamates (subject to hydrolysis) is 1. The molecule has 130 valence electrons. The first-order chi connectivity index (χ1) is 9.94. The molecule has 22 heavy (non-hydrogen) atoms. The maximum Gasteiger partial charge on any atom is 0.410 e. The fourth-order valence-corrected chi connectivity index (χ4v) is 1.51. The van der Waals surface area contributed by atoms with Gasteiger partial charge >= 0.3 is 12.2 Å². The molecule has 0 spiro atoms. The Labute approximate surface area is 133 Å². The van der Waals surface area contributed by atoms with Crippen LogP contribution in [0.15, 0.2) is 0 Å². The van der Waals surface area contributed by atoms with Crippen LogP contribution in [0.3, 0.4) is 0 Å². The second kappa shape index (κ2) is 8.82. The summed E-state index contributed by atoms with van der Waals surface area (Å²) in [6.45, 7) is 12.4. The molecule has 0 atom stereocenters. The van der Waals surface area contributed by atoms with Crippen LogP contribution in [0.2, 0.25) is 0 Å². The molecule has 7 nitrogen and oxygen atoms in total. The summed E-state index contributed by atoms with van der Waals surface area (Å²) in [6, 6.07) is 0. The lowest BCUT2D eigenvalue weighted by molar-refractivity contribution is 0.0239. The third-order valence-electron chi connectivity index (χ3n) is 2.33. The molecule has 0 fully saturated rings. The third-order valence-corrected chi connectivity index (χ3v) is 2.33. The van der Waals surface area contributed by atoms with E-state index >= 15 is 0 Å². The minimum Gasteiger partial charge on any atom is -0.444 e. The van der Waals surface area contributed by atoms with Crippen molar-refractivity contribution < 1.29 is 19.1 Å². The van der Waals surface area contributed by atoms with Crippen molar-refractivity contribution in [1.29, 1.82) is 0 Å². The van der Waals surface area contributed by atoms with Gasteiger partial charge in [0.15, 0.2) is 0 Å². The Kier molecular flexibility index (Phi) is 8.22. The fourth-order valence-electron chi connectivity index (χ4n) is 1.51. The van der Waals surface area contributed by atoms with Crippen LogP contribution in [-0.4, -0.2) is 54.5 Å². The number of carbonyl (C=O) groups excluding carboxylic acids is 2. The summed E-state index contributed by atoms with van der Waals surface area (Å²) in [4.78, 5) is 25.2. The normalized spacial score (nSPS) is 11.8. The van der Waals surface area contributed by atoms with Crippen molar-refractivity contribution in [2.45, 2.75) is 59.2 Å². The first-order valence-electron chi connectivity index (χ1n) is 7.59. The van der Waals surface area contributed by atoms with Crippen LogP contribution in [-0.2, 0) is 9.47 Å². The predicted octanol–water partition coefficient (Wildman–Crippen LogP) is 2.10. The second-order valence-electron chi connectivity index (χ2n) is 7.04. The van der Waals surface area contributed by atoms with Gasteiger partial charge in [0, 0.05) is 19.6 Å². The molecule has 0 aliphatic rings. The van der Waals surface area contributed by atoms with Gasteiger partial charge in [0.05, 0.1) is 0 Å². The number of carbonyl (C=O) groups is 2. The molecule has 0 saturated heterocycles. The van der Waals surface area contributed by atoms with E-state index in [0.29, 0.717) is 32.6 Å². The van der Waals surface area contributed by atoms with Crippen molar-refractivity contribution in [1.82, 2.24) is 10.2 Å². The number of nitrogens with two attached hydrogens (primary N) is 1. The Bertz CT molecular complexity index is 359. The third kappa shape index (κ3) is 11.2. The van der Waals surface area contributed by atoms with Gasteiger partial charge < -0.3 is 25.4 Å². The molecular formula is C15H31N3O4. The number of amides is 2. The SMILES string of the molecule is CC(C)(C)OC(=O)NCCN(CCCN)C(=O)OC(C)(C)C. The molecule has 0 heterocycles. The molecular weight excluding hydrogens is 286 g/mol. The lowest BCUT2D eigenvalue weighted by Gasteiger charge is -2.27. The summed E-state index contributed by atoms with van der Waals surface area (Å²) in [5, 5.41) is 2.62. The highest BCUT2D eigenvalue weighted by molar-refractivity contribution is 5.69. The molecule has 0 aliphatic carbocycles. The molecule has 0 aliphatic heterocycles. The number of hydrogen-bond donors (Lipinski definition) is 2. The number of nitrogens with one attached hydrogen (secondary N) is 1. The minimum atomic E-state index is -0.559. The van der Waals surface area contributed by atoms with Crippen LogP contribution >= 0.6 is 0 Å². The molecule has 2 amide bonds. The van der Waals surface area contributed by atoms with Crippen LogP contribution in [0, 0.1) is 0 Å². The Morgan fingerprint density at radius 2 is 1.55 bits per heavy atom. The van der Waals surface area contributed by atoms with E-state index in [1.807, 2.05) is 20.8 Å². The van der Waals surface area contributed by atoms with Crippen molar-refractivity contribution in [3.63, 3.8) is 0 Å². The zero-order chi connectivity index (χ0) is 17.4. The smallest absolute Gasteiger partial charge is 0.410 e. The molecule has 0 aromatic rings. The monoisotopic (exact) mass is 317 g/mol. The van der Waals surface area contributed by atoms with Gasteiger partial charge in [-0.05, 0) is 54.5 Å². The quantitative estimate of drug-likeness (QED) is 0.782. The summed E-state index contributed by atoms with van der Waals surface area (Å²) in [5.74, 6) is 0. The highest BCUT2D eigenvalue weighted by atomic mass is 16.6. The molecule has 0 rings (SSSR count). The van der Waals surface area contributed by atoms with Crippen LogP contribution in [0.4, 0.5) is 9.59 Å². The fraction of sp³-hybridized carbons (Fsp3) is 0.867. The first-order valence-corrected chi connectivity index (χ1v) is 7.59. The zero-order valence-electron chi connectivity index (χ0n) is 14.7. The van der Waals surface area contributed by atoms with Crippen LogP contribution in [0.1, 0.15) is 48.0 Å². The summed E-state index contributed by atoms with van der Waals surface area (Å²) in [5.41, 5.74) is 4.38. The molecule has 3 N–H and O–H groups in total. The van der Waals surface area contributed by atoms with Gasteiger partial charge in [0.1, 0.15) is 11.2 Å². The molecule has 0 saturated carbocycles. The highest BCUT2D eigenvalue weighted by Gasteiger charge is 2.22. The Balaban J connectivity index is 4.36. The van der Waals surface area contributed by atoms with Crippen molar-refractivity contribution >= 4 is 12.2 Å². The van der Waals surface area contributed by atoms with Gasteiger partial charge in [-0.15, -0.1) is 0 Å².